The molecule has 1 aromatic rings. The lowest BCUT2D eigenvalue weighted by Gasteiger charge is -2.22. The Hall–Kier alpha value is -1.06. The van der Waals surface area contributed by atoms with Crippen LogP contribution >= 0.6 is 0 Å². The molecule has 0 aromatic heterocycles. The third kappa shape index (κ3) is 4.22. The SMILES string of the molecule is CC(C)C(CCO)NCc1ccc(N2CCCC2)cc1. The highest BCUT2D eigenvalue weighted by atomic mass is 16.3. The summed E-state index contributed by atoms with van der Waals surface area (Å²) in [6, 6.07) is 9.30. The molecule has 1 heterocycles. The average Bonchev–Trinajstić information content (AvgIpc) is 2.98. The van der Waals surface area contributed by atoms with E-state index in [4.69, 9.17) is 5.11 Å². The van der Waals surface area contributed by atoms with Crippen LogP contribution in [0.3, 0.4) is 0 Å². The molecule has 3 nitrogen and oxygen atoms in total. The van der Waals surface area contributed by atoms with E-state index in [0.717, 1.165) is 13.0 Å². The Balaban J connectivity index is 1.86. The summed E-state index contributed by atoms with van der Waals surface area (Å²) in [7, 11) is 0. The molecular weight excluding hydrogens is 248 g/mol. The maximum absolute atomic E-state index is 9.09. The minimum Gasteiger partial charge on any atom is -0.396 e. The second kappa shape index (κ2) is 7.65. The highest BCUT2D eigenvalue weighted by molar-refractivity contribution is 5.48. The van der Waals surface area contributed by atoms with Crippen molar-refractivity contribution in [3.63, 3.8) is 0 Å². The number of rotatable bonds is 7. The first kappa shape index (κ1) is 15.3. The summed E-state index contributed by atoms with van der Waals surface area (Å²) in [5.41, 5.74) is 2.67. The summed E-state index contributed by atoms with van der Waals surface area (Å²) >= 11 is 0. The quantitative estimate of drug-likeness (QED) is 0.804. The standard InChI is InChI=1S/C17H28N2O/c1-14(2)17(9-12-20)18-13-15-5-7-16(8-6-15)19-10-3-4-11-19/h5-8,14,17-18,20H,3-4,9-13H2,1-2H3. The van der Waals surface area contributed by atoms with Gasteiger partial charge in [-0.2, -0.15) is 0 Å². The maximum Gasteiger partial charge on any atom is 0.0445 e. The van der Waals surface area contributed by atoms with Gasteiger partial charge < -0.3 is 15.3 Å². The number of nitrogens with zero attached hydrogens (tertiary/aromatic N) is 1. The van der Waals surface area contributed by atoms with Crippen LogP contribution in [0.4, 0.5) is 5.69 Å². The molecule has 1 saturated heterocycles. The van der Waals surface area contributed by atoms with E-state index < -0.39 is 0 Å². The van der Waals surface area contributed by atoms with Crippen LogP contribution in [0.25, 0.3) is 0 Å². The zero-order chi connectivity index (χ0) is 14.4. The van der Waals surface area contributed by atoms with Gasteiger partial charge in [-0.1, -0.05) is 26.0 Å². The van der Waals surface area contributed by atoms with E-state index in [1.807, 2.05) is 0 Å². The van der Waals surface area contributed by atoms with Crippen molar-refractivity contribution in [2.75, 3.05) is 24.6 Å². The topological polar surface area (TPSA) is 35.5 Å². The molecule has 0 aliphatic carbocycles. The van der Waals surface area contributed by atoms with Gasteiger partial charge in [-0.05, 0) is 42.9 Å². The minimum atomic E-state index is 0.254. The number of aliphatic hydroxyl groups is 1. The maximum atomic E-state index is 9.09. The van der Waals surface area contributed by atoms with Gasteiger partial charge in [0.05, 0.1) is 0 Å². The Labute approximate surface area is 123 Å². The molecule has 1 aliphatic rings. The first-order valence-electron chi connectivity index (χ1n) is 7.89. The van der Waals surface area contributed by atoms with Gasteiger partial charge in [0, 0.05) is 38.0 Å². The normalized spacial score (nSPS) is 16.9. The van der Waals surface area contributed by atoms with Crippen LogP contribution in [0.5, 0.6) is 0 Å². The molecule has 1 fully saturated rings. The third-order valence-corrected chi connectivity index (χ3v) is 4.22. The highest BCUT2D eigenvalue weighted by Gasteiger charge is 2.13. The van der Waals surface area contributed by atoms with Crippen LogP contribution in [0, 0.1) is 5.92 Å². The lowest BCUT2D eigenvalue weighted by molar-refractivity contribution is 0.244. The Morgan fingerprint density at radius 2 is 1.80 bits per heavy atom. The van der Waals surface area contributed by atoms with Crippen molar-refractivity contribution in [1.82, 2.24) is 5.32 Å². The van der Waals surface area contributed by atoms with Gasteiger partial charge in [-0.3, -0.25) is 0 Å². The molecule has 0 bridgehead atoms. The summed E-state index contributed by atoms with van der Waals surface area (Å²) in [5, 5.41) is 12.6. The van der Waals surface area contributed by atoms with Crippen molar-refractivity contribution in [1.29, 1.82) is 0 Å². The third-order valence-electron chi connectivity index (χ3n) is 4.22. The van der Waals surface area contributed by atoms with Gasteiger partial charge in [0.15, 0.2) is 0 Å². The minimum absolute atomic E-state index is 0.254. The van der Waals surface area contributed by atoms with Gasteiger partial charge in [0.1, 0.15) is 0 Å². The second-order valence-corrected chi connectivity index (χ2v) is 6.10. The van der Waals surface area contributed by atoms with Crippen molar-refractivity contribution in [2.45, 2.75) is 45.7 Å². The van der Waals surface area contributed by atoms with Crippen molar-refractivity contribution >= 4 is 5.69 Å². The number of hydrogen-bond acceptors (Lipinski definition) is 3. The highest BCUT2D eigenvalue weighted by Crippen LogP contribution is 2.20. The van der Waals surface area contributed by atoms with E-state index >= 15 is 0 Å². The molecule has 1 aromatic carbocycles. The van der Waals surface area contributed by atoms with Crippen LogP contribution in [-0.2, 0) is 6.54 Å². The molecule has 2 rings (SSSR count). The molecule has 0 spiro atoms. The summed E-state index contributed by atoms with van der Waals surface area (Å²) in [5.74, 6) is 0.547. The van der Waals surface area contributed by atoms with E-state index in [9.17, 15) is 0 Å². The Kier molecular flexibility index (Phi) is 5.86. The zero-order valence-electron chi connectivity index (χ0n) is 12.8. The Morgan fingerprint density at radius 1 is 1.15 bits per heavy atom. The van der Waals surface area contributed by atoms with Crippen LogP contribution < -0.4 is 10.2 Å². The van der Waals surface area contributed by atoms with Crippen LogP contribution in [0.2, 0.25) is 0 Å². The fourth-order valence-electron chi connectivity index (χ4n) is 2.86. The van der Waals surface area contributed by atoms with Crippen molar-refractivity contribution < 1.29 is 5.11 Å². The largest absolute Gasteiger partial charge is 0.396 e. The summed E-state index contributed by atoms with van der Waals surface area (Å²) in [6.45, 7) is 7.92. The molecule has 1 atom stereocenters. The smallest absolute Gasteiger partial charge is 0.0445 e. The molecule has 3 heteroatoms. The van der Waals surface area contributed by atoms with E-state index in [0.29, 0.717) is 12.0 Å². The van der Waals surface area contributed by atoms with Crippen LogP contribution in [0.15, 0.2) is 24.3 Å². The number of anilines is 1. The van der Waals surface area contributed by atoms with E-state index in [-0.39, 0.29) is 6.61 Å². The first-order chi connectivity index (χ1) is 9.70. The number of benzene rings is 1. The van der Waals surface area contributed by atoms with Crippen LogP contribution in [-0.4, -0.2) is 30.8 Å². The predicted molar refractivity (Wildman–Crippen MR) is 85.1 cm³/mol. The number of nitrogens with one attached hydrogen (secondary N) is 1. The lowest BCUT2D eigenvalue weighted by atomic mass is 10.0. The Morgan fingerprint density at radius 3 is 2.35 bits per heavy atom. The van der Waals surface area contributed by atoms with Gasteiger partial charge in [0.25, 0.3) is 0 Å². The molecule has 0 amide bonds. The molecule has 112 valence electrons. The van der Waals surface area contributed by atoms with Crippen molar-refractivity contribution in [2.24, 2.45) is 5.92 Å². The fourth-order valence-corrected chi connectivity index (χ4v) is 2.86. The molecule has 0 saturated carbocycles. The fraction of sp³-hybridized carbons (Fsp3) is 0.647. The summed E-state index contributed by atoms with van der Waals surface area (Å²) in [6.07, 6.45) is 3.46. The summed E-state index contributed by atoms with van der Waals surface area (Å²) in [4.78, 5) is 2.46. The van der Waals surface area contributed by atoms with Gasteiger partial charge in [-0.25, -0.2) is 0 Å². The summed E-state index contributed by atoms with van der Waals surface area (Å²) < 4.78 is 0. The van der Waals surface area contributed by atoms with Crippen LogP contribution in [0.1, 0.15) is 38.7 Å². The van der Waals surface area contributed by atoms with Gasteiger partial charge in [-0.15, -0.1) is 0 Å². The van der Waals surface area contributed by atoms with Gasteiger partial charge >= 0.3 is 0 Å². The lowest BCUT2D eigenvalue weighted by Crippen LogP contribution is -2.34. The number of hydrogen-bond donors (Lipinski definition) is 2. The van der Waals surface area contributed by atoms with Crippen molar-refractivity contribution in [3.8, 4) is 0 Å². The predicted octanol–water partition coefficient (Wildman–Crippen LogP) is 2.78. The second-order valence-electron chi connectivity index (χ2n) is 6.10. The molecular formula is C17H28N2O. The molecule has 1 unspecified atom stereocenters. The van der Waals surface area contributed by atoms with E-state index in [1.54, 1.807) is 0 Å². The van der Waals surface area contributed by atoms with Gasteiger partial charge in [0.2, 0.25) is 0 Å². The average molecular weight is 276 g/mol. The van der Waals surface area contributed by atoms with E-state index in [1.165, 1.54) is 37.2 Å². The first-order valence-corrected chi connectivity index (χ1v) is 7.89. The Bertz CT molecular complexity index is 382. The molecule has 0 radical (unpaired) electrons. The zero-order valence-corrected chi connectivity index (χ0v) is 12.8. The molecule has 1 aliphatic heterocycles. The molecule has 2 N–H and O–H groups in total. The van der Waals surface area contributed by atoms with Crippen molar-refractivity contribution in [3.05, 3.63) is 29.8 Å². The monoisotopic (exact) mass is 276 g/mol. The molecule has 20 heavy (non-hydrogen) atoms. The van der Waals surface area contributed by atoms with E-state index in [2.05, 4.69) is 48.3 Å². The number of aliphatic hydroxyl groups excluding tert-OH is 1.